The zero-order valence-corrected chi connectivity index (χ0v) is 16.4. The molecule has 0 aliphatic rings. The van der Waals surface area contributed by atoms with Gasteiger partial charge in [-0.25, -0.2) is 9.59 Å². The van der Waals surface area contributed by atoms with Crippen molar-refractivity contribution in [2.75, 3.05) is 20.3 Å². The molecule has 27 heavy (non-hydrogen) atoms. The van der Waals surface area contributed by atoms with Crippen LogP contribution < -0.4 is 4.74 Å². The van der Waals surface area contributed by atoms with E-state index in [9.17, 15) is 9.59 Å². The van der Waals surface area contributed by atoms with Crippen molar-refractivity contribution in [1.29, 1.82) is 0 Å². The number of carbonyl (C=O) groups is 2. The topological polar surface area (TPSA) is 61.8 Å². The number of methoxy groups -OCH3 is 1. The van der Waals surface area contributed by atoms with Crippen molar-refractivity contribution in [1.82, 2.24) is 0 Å². The Bertz CT molecular complexity index is 550. The van der Waals surface area contributed by atoms with Crippen molar-refractivity contribution in [3.8, 4) is 5.75 Å². The number of rotatable bonds is 15. The second-order valence-corrected chi connectivity index (χ2v) is 6.42. The number of unbranched alkanes of at least 4 members (excludes halogenated alkanes) is 8. The van der Waals surface area contributed by atoms with E-state index in [1.165, 1.54) is 45.3 Å². The normalized spacial score (nSPS) is 10.3. The molecular weight excluding hydrogens is 344 g/mol. The minimum Gasteiger partial charge on any atom is -0.494 e. The van der Waals surface area contributed by atoms with Crippen LogP contribution in [0.4, 0.5) is 0 Å². The van der Waals surface area contributed by atoms with E-state index in [4.69, 9.17) is 9.47 Å². The molecule has 0 amide bonds. The number of ether oxygens (including phenoxy) is 3. The van der Waals surface area contributed by atoms with Crippen LogP contribution >= 0.6 is 0 Å². The molecule has 0 N–H and O–H groups in total. The van der Waals surface area contributed by atoms with Crippen LogP contribution in [-0.4, -0.2) is 32.3 Å². The summed E-state index contributed by atoms with van der Waals surface area (Å²) < 4.78 is 15.3. The Hall–Kier alpha value is -2.30. The maximum atomic E-state index is 11.3. The summed E-state index contributed by atoms with van der Waals surface area (Å²) in [6, 6.07) is 7.02. The fourth-order valence-electron chi connectivity index (χ4n) is 2.67. The Morgan fingerprint density at radius 1 is 0.852 bits per heavy atom. The van der Waals surface area contributed by atoms with Crippen LogP contribution in [0, 0.1) is 0 Å². The first-order valence-corrected chi connectivity index (χ1v) is 9.77. The lowest BCUT2D eigenvalue weighted by Gasteiger charge is -2.07. The van der Waals surface area contributed by atoms with Gasteiger partial charge in [0.2, 0.25) is 0 Å². The second-order valence-electron chi connectivity index (χ2n) is 6.42. The third kappa shape index (κ3) is 11.1. The summed E-state index contributed by atoms with van der Waals surface area (Å²) in [7, 11) is 1.37. The fourth-order valence-corrected chi connectivity index (χ4v) is 2.67. The van der Waals surface area contributed by atoms with Gasteiger partial charge in [0.25, 0.3) is 0 Å². The van der Waals surface area contributed by atoms with Gasteiger partial charge in [-0.3, -0.25) is 0 Å². The van der Waals surface area contributed by atoms with E-state index in [0.29, 0.717) is 18.8 Å². The van der Waals surface area contributed by atoms with Gasteiger partial charge in [-0.05, 0) is 37.1 Å². The molecule has 0 heterocycles. The molecule has 1 rings (SSSR count). The lowest BCUT2D eigenvalue weighted by Crippen LogP contribution is -2.01. The molecule has 0 spiro atoms. The van der Waals surface area contributed by atoms with Crippen molar-refractivity contribution in [2.45, 2.75) is 57.8 Å². The average molecular weight is 376 g/mol. The van der Waals surface area contributed by atoms with E-state index in [2.05, 4.69) is 11.3 Å². The smallest absolute Gasteiger partial charge is 0.337 e. The molecule has 0 aromatic heterocycles. The Labute approximate surface area is 162 Å². The highest BCUT2D eigenvalue weighted by molar-refractivity contribution is 5.89. The van der Waals surface area contributed by atoms with Crippen molar-refractivity contribution in [3.05, 3.63) is 42.5 Å². The molecule has 150 valence electrons. The van der Waals surface area contributed by atoms with Crippen LogP contribution in [0.2, 0.25) is 0 Å². The summed E-state index contributed by atoms with van der Waals surface area (Å²) in [5.41, 5.74) is 0.530. The van der Waals surface area contributed by atoms with Crippen LogP contribution in [0.25, 0.3) is 0 Å². The highest BCUT2D eigenvalue weighted by Gasteiger charge is 2.04. The van der Waals surface area contributed by atoms with E-state index in [1.807, 2.05) is 0 Å². The van der Waals surface area contributed by atoms with Gasteiger partial charge in [0.1, 0.15) is 5.75 Å². The summed E-state index contributed by atoms with van der Waals surface area (Å²) >= 11 is 0. The van der Waals surface area contributed by atoms with E-state index in [0.717, 1.165) is 31.4 Å². The molecule has 0 saturated carbocycles. The van der Waals surface area contributed by atoms with Gasteiger partial charge in [0.15, 0.2) is 0 Å². The lowest BCUT2D eigenvalue weighted by atomic mass is 10.1. The molecule has 0 bridgehead atoms. The predicted molar refractivity (Wildman–Crippen MR) is 106 cm³/mol. The molecule has 0 aliphatic heterocycles. The maximum absolute atomic E-state index is 11.3. The van der Waals surface area contributed by atoms with Gasteiger partial charge >= 0.3 is 11.9 Å². The van der Waals surface area contributed by atoms with Crippen molar-refractivity contribution in [2.24, 2.45) is 0 Å². The molecule has 5 heteroatoms. The van der Waals surface area contributed by atoms with Crippen LogP contribution in [0.15, 0.2) is 36.9 Å². The van der Waals surface area contributed by atoms with Crippen LogP contribution in [-0.2, 0) is 14.3 Å². The van der Waals surface area contributed by atoms with Crippen LogP contribution in [0.3, 0.4) is 0 Å². The molecule has 0 aliphatic carbocycles. The first kappa shape index (κ1) is 22.7. The summed E-state index contributed by atoms with van der Waals surface area (Å²) in [6.07, 6.45) is 11.6. The first-order chi connectivity index (χ1) is 13.2. The van der Waals surface area contributed by atoms with Crippen molar-refractivity contribution < 1.29 is 23.8 Å². The summed E-state index contributed by atoms with van der Waals surface area (Å²) in [4.78, 5) is 22.2. The maximum Gasteiger partial charge on any atom is 0.337 e. The predicted octanol–water partition coefficient (Wildman–Crippen LogP) is 5.09. The van der Waals surface area contributed by atoms with Gasteiger partial charge in [0, 0.05) is 6.08 Å². The van der Waals surface area contributed by atoms with Gasteiger partial charge in [-0.1, -0.05) is 51.5 Å². The highest BCUT2D eigenvalue weighted by atomic mass is 16.5. The number of carbonyl (C=O) groups excluding carboxylic acids is 2. The number of hydrogen-bond acceptors (Lipinski definition) is 5. The third-order valence-electron chi connectivity index (χ3n) is 4.24. The molecule has 5 nitrogen and oxygen atoms in total. The Morgan fingerprint density at radius 2 is 1.37 bits per heavy atom. The summed E-state index contributed by atoms with van der Waals surface area (Å²) in [5, 5.41) is 0. The lowest BCUT2D eigenvalue weighted by molar-refractivity contribution is -0.137. The number of benzene rings is 1. The largest absolute Gasteiger partial charge is 0.494 e. The Balaban J connectivity index is 1.90. The summed E-state index contributed by atoms with van der Waals surface area (Å²) in [5.74, 6) is 0.108. The van der Waals surface area contributed by atoms with Gasteiger partial charge in [-0.2, -0.15) is 0 Å². The molecule has 0 fully saturated rings. The molecule has 0 atom stereocenters. The van der Waals surface area contributed by atoms with Crippen LogP contribution in [0.1, 0.15) is 68.1 Å². The molecular formula is C22H32O5. The minimum atomic E-state index is -0.336. The highest BCUT2D eigenvalue weighted by Crippen LogP contribution is 2.14. The molecule has 0 saturated heterocycles. The molecule has 1 aromatic carbocycles. The standard InChI is InChI=1S/C22H32O5/c1-3-21(23)27-18-12-10-8-6-4-5-7-9-11-17-26-20-15-13-19(14-16-20)22(24)25-2/h3,13-16H,1,4-12,17-18H2,2H3. The van der Waals surface area contributed by atoms with Crippen LogP contribution in [0.5, 0.6) is 5.75 Å². The van der Waals surface area contributed by atoms with Crippen molar-refractivity contribution in [3.63, 3.8) is 0 Å². The average Bonchev–Trinajstić information content (AvgIpc) is 2.71. The molecule has 1 aromatic rings. The number of esters is 2. The van der Waals surface area contributed by atoms with Gasteiger partial charge in [0.05, 0.1) is 25.9 Å². The fraction of sp³-hybridized carbons (Fsp3) is 0.545. The quantitative estimate of drug-likeness (QED) is 0.242. The molecule has 0 unspecified atom stereocenters. The van der Waals surface area contributed by atoms with E-state index >= 15 is 0 Å². The summed E-state index contributed by atoms with van der Waals surface area (Å²) in [6.45, 7) is 4.56. The SMILES string of the molecule is C=CC(=O)OCCCCCCCCCCCOc1ccc(C(=O)OC)cc1. The Morgan fingerprint density at radius 3 is 1.89 bits per heavy atom. The van der Waals surface area contributed by atoms with Gasteiger partial charge < -0.3 is 14.2 Å². The zero-order valence-electron chi connectivity index (χ0n) is 16.4. The third-order valence-corrected chi connectivity index (χ3v) is 4.24. The van der Waals surface area contributed by atoms with Crippen molar-refractivity contribution >= 4 is 11.9 Å². The van der Waals surface area contributed by atoms with E-state index in [1.54, 1.807) is 24.3 Å². The number of hydrogen-bond donors (Lipinski definition) is 0. The first-order valence-electron chi connectivity index (χ1n) is 9.77. The monoisotopic (exact) mass is 376 g/mol. The second kappa shape index (κ2) is 14.8. The Kier molecular flexibility index (Phi) is 12.5. The molecule has 0 radical (unpaired) electrons. The van der Waals surface area contributed by atoms with Gasteiger partial charge in [-0.15, -0.1) is 0 Å². The zero-order chi connectivity index (χ0) is 19.7. The van der Waals surface area contributed by atoms with E-state index < -0.39 is 0 Å². The minimum absolute atomic E-state index is 0.335. The van der Waals surface area contributed by atoms with E-state index in [-0.39, 0.29) is 11.9 Å².